The smallest absolute Gasteiger partial charge is 0.218 e. The van der Waals surface area contributed by atoms with E-state index < -0.39 is 0 Å². The molecule has 0 aromatic carbocycles. The molecule has 6 heteroatoms. The molecule has 0 saturated carbocycles. The second-order valence-electron chi connectivity index (χ2n) is 4.63. The van der Waals surface area contributed by atoms with E-state index in [0.29, 0.717) is 52.1 Å². The van der Waals surface area contributed by atoms with E-state index in [-0.39, 0.29) is 0 Å². The summed E-state index contributed by atoms with van der Waals surface area (Å²) in [6, 6.07) is 2.00. The Balaban J connectivity index is 2.21. The van der Waals surface area contributed by atoms with Gasteiger partial charge in [0, 0.05) is 24.9 Å². The fraction of sp³-hybridized carbons (Fsp3) is 0.667. The van der Waals surface area contributed by atoms with Crippen molar-refractivity contribution in [2.75, 3.05) is 46.8 Å². The summed E-state index contributed by atoms with van der Waals surface area (Å²) in [5.41, 5.74) is 8.71. The highest BCUT2D eigenvalue weighted by Crippen LogP contribution is 2.20. The van der Waals surface area contributed by atoms with E-state index in [1.807, 2.05) is 19.9 Å². The van der Waals surface area contributed by atoms with Gasteiger partial charge in [-0.1, -0.05) is 0 Å². The highest BCUT2D eigenvalue weighted by Gasteiger charge is 2.08. The molecule has 0 aliphatic rings. The van der Waals surface area contributed by atoms with Crippen molar-refractivity contribution >= 4 is 0 Å². The van der Waals surface area contributed by atoms with Crippen LogP contribution in [-0.2, 0) is 20.8 Å². The third-order valence-electron chi connectivity index (χ3n) is 2.91. The van der Waals surface area contributed by atoms with Crippen LogP contribution in [0, 0.1) is 13.8 Å². The van der Waals surface area contributed by atoms with Gasteiger partial charge in [-0.15, -0.1) is 0 Å². The van der Waals surface area contributed by atoms with Crippen LogP contribution in [0.1, 0.15) is 16.8 Å². The summed E-state index contributed by atoms with van der Waals surface area (Å²) < 4.78 is 21.2. The second kappa shape index (κ2) is 10.5. The first-order valence-corrected chi connectivity index (χ1v) is 7.13. The highest BCUT2D eigenvalue weighted by molar-refractivity contribution is 5.35. The molecule has 21 heavy (non-hydrogen) atoms. The summed E-state index contributed by atoms with van der Waals surface area (Å²) in [5.74, 6) is 0.606. The van der Waals surface area contributed by atoms with E-state index in [1.165, 1.54) is 0 Å². The molecule has 0 atom stereocenters. The minimum Gasteiger partial charge on any atom is -0.475 e. The molecule has 0 spiro atoms. The van der Waals surface area contributed by atoms with Crippen LogP contribution < -0.4 is 10.5 Å². The fourth-order valence-electron chi connectivity index (χ4n) is 1.86. The Hall–Kier alpha value is -1.21. The topological polar surface area (TPSA) is 75.8 Å². The van der Waals surface area contributed by atoms with Gasteiger partial charge < -0.3 is 24.7 Å². The van der Waals surface area contributed by atoms with E-state index in [0.717, 1.165) is 16.8 Å². The van der Waals surface area contributed by atoms with Crippen molar-refractivity contribution < 1.29 is 18.9 Å². The monoisotopic (exact) mass is 298 g/mol. The number of methoxy groups -OCH3 is 1. The lowest BCUT2D eigenvalue weighted by Gasteiger charge is -2.13. The molecule has 120 valence electrons. The van der Waals surface area contributed by atoms with Gasteiger partial charge in [0.15, 0.2) is 0 Å². The number of ether oxygens (including phenoxy) is 4. The van der Waals surface area contributed by atoms with Gasteiger partial charge in [0.25, 0.3) is 0 Å². The normalized spacial score (nSPS) is 10.9. The summed E-state index contributed by atoms with van der Waals surface area (Å²) in [6.07, 6.45) is 0. The Morgan fingerprint density at radius 3 is 2.24 bits per heavy atom. The quantitative estimate of drug-likeness (QED) is 0.619. The summed E-state index contributed by atoms with van der Waals surface area (Å²) in [7, 11) is 1.65. The Morgan fingerprint density at radius 1 is 1.00 bits per heavy atom. The summed E-state index contributed by atoms with van der Waals surface area (Å²) in [5, 5.41) is 0. The SMILES string of the molecule is COCCOCCOCCOc1nc(C)cc(C)c1CN. The van der Waals surface area contributed by atoms with Crippen molar-refractivity contribution in [1.82, 2.24) is 4.98 Å². The van der Waals surface area contributed by atoms with E-state index in [9.17, 15) is 0 Å². The van der Waals surface area contributed by atoms with Crippen LogP contribution in [0.15, 0.2) is 6.07 Å². The molecule has 2 N–H and O–H groups in total. The highest BCUT2D eigenvalue weighted by atomic mass is 16.6. The van der Waals surface area contributed by atoms with Gasteiger partial charge in [-0.3, -0.25) is 0 Å². The van der Waals surface area contributed by atoms with Crippen LogP contribution in [0.3, 0.4) is 0 Å². The van der Waals surface area contributed by atoms with Gasteiger partial charge in [0.05, 0.1) is 33.0 Å². The summed E-state index contributed by atoms with van der Waals surface area (Å²) in [6.45, 7) is 7.59. The van der Waals surface area contributed by atoms with Crippen molar-refractivity contribution in [3.05, 3.63) is 22.9 Å². The van der Waals surface area contributed by atoms with E-state index in [1.54, 1.807) is 7.11 Å². The Bertz CT molecular complexity index is 413. The molecule has 1 rings (SSSR count). The van der Waals surface area contributed by atoms with Crippen molar-refractivity contribution in [2.24, 2.45) is 5.73 Å². The molecule has 6 nitrogen and oxygen atoms in total. The molecule has 1 heterocycles. The molecular formula is C15H26N2O4. The zero-order chi connectivity index (χ0) is 15.5. The first kappa shape index (κ1) is 17.8. The van der Waals surface area contributed by atoms with Gasteiger partial charge in [-0.25, -0.2) is 4.98 Å². The molecule has 0 saturated heterocycles. The van der Waals surface area contributed by atoms with Crippen LogP contribution in [0.2, 0.25) is 0 Å². The lowest BCUT2D eigenvalue weighted by molar-refractivity contribution is 0.0176. The number of hydrogen-bond acceptors (Lipinski definition) is 6. The van der Waals surface area contributed by atoms with Crippen LogP contribution in [0.5, 0.6) is 5.88 Å². The molecular weight excluding hydrogens is 272 g/mol. The number of pyridine rings is 1. The maximum absolute atomic E-state index is 5.73. The minimum atomic E-state index is 0.419. The average molecular weight is 298 g/mol. The molecule has 0 aliphatic carbocycles. The molecule has 0 aliphatic heterocycles. The Labute approximate surface area is 126 Å². The maximum atomic E-state index is 5.73. The van der Waals surface area contributed by atoms with Gasteiger partial charge in [-0.2, -0.15) is 0 Å². The van der Waals surface area contributed by atoms with Crippen molar-refractivity contribution in [3.8, 4) is 5.88 Å². The summed E-state index contributed by atoms with van der Waals surface area (Å²) >= 11 is 0. The lowest BCUT2D eigenvalue weighted by Crippen LogP contribution is -2.14. The standard InChI is InChI=1S/C15H26N2O4/c1-12-10-13(2)17-15(14(12)11-16)21-9-8-20-7-6-19-5-4-18-3/h10H,4-9,11,16H2,1-3H3. The van der Waals surface area contributed by atoms with Crippen molar-refractivity contribution in [1.29, 1.82) is 0 Å². The Morgan fingerprint density at radius 2 is 1.62 bits per heavy atom. The number of aromatic nitrogens is 1. The fourth-order valence-corrected chi connectivity index (χ4v) is 1.86. The van der Waals surface area contributed by atoms with Gasteiger partial charge in [0.2, 0.25) is 5.88 Å². The molecule has 1 aromatic rings. The number of aryl methyl sites for hydroxylation is 2. The lowest BCUT2D eigenvalue weighted by atomic mass is 10.1. The van der Waals surface area contributed by atoms with E-state index in [4.69, 9.17) is 24.7 Å². The van der Waals surface area contributed by atoms with E-state index >= 15 is 0 Å². The van der Waals surface area contributed by atoms with Gasteiger partial charge in [0.1, 0.15) is 6.61 Å². The van der Waals surface area contributed by atoms with Crippen molar-refractivity contribution in [3.63, 3.8) is 0 Å². The van der Waals surface area contributed by atoms with Crippen LogP contribution in [0.4, 0.5) is 0 Å². The predicted molar refractivity (Wildman–Crippen MR) is 80.6 cm³/mol. The number of nitrogens with zero attached hydrogens (tertiary/aromatic N) is 1. The Kier molecular flexibility index (Phi) is 8.93. The summed E-state index contributed by atoms with van der Waals surface area (Å²) in [4.78, 5) is 4.38. The first-order chi connectivity index (χ1) is 10.2. The molecule has 0 radical (unpaired) electrons. The van der Waals surface area contributed by atoms with E-state index in [2.05, 4.69) is 4.98 Å². The number of rotatable bonds is 11. The third kappa shape index (κ3) is 6.86. The zero-order valence-corrected chi connectivity index (χ0v) is 13.2. The molecule has 0 bridgehead atoms. The predicted octanol–water partition coefficient (Wildman–Crippen LogP) is 1.22. The molecule has 1 aromatic heterocycles. The molecule has 0 amide bonds. The number of hydrogen-bond donors (Lipinski definition) is 1. The minimum absolute atomic E-state index is 0.419. The average Bonchev–Trinajstić information content (AvgIpc) is 2.45. The van der Waals surface area contributed by atoms with Crippen LogP contribution in [-0.4, -0.2) is 51.7 Å². The largest absolute Gasteiger partial charge is 0.475 e. The number of nitrogens with two attached hydrogens (primary N) is 1. The van der Waals surface area contributed by atoms with Crippen molar-refractivity contribution in [2.45, 2.75) is 20.4 Å². The second-order valence-corrected chi connectivity index (χ2v) is 4.63. The molecule has 0 unspecified atom stereocenters. The maximum Gasteiger partial charge on any atom is 0.218 e. The van der Waals surface area contributed by atoms with Crippen LogP contribution >= 0.6 is 0 Å². The third-order valence-corrected chi connectivity index (χ3v) is 2.91. The van der Waals surface area contributed by atoms with Gasteiger partial charge in [-0.05, 0) is 25.5 Å². The first-order valence-electron chi connectivity index (χ1n) is 7.13. The zero-order valence-electron chi connectivity index (χ0n) is 13.2. The molecule has 0 fully saturated rings. The van der Waals surface area contributed by atoms with Gasteiger partial charge >= 0.3 is 0 Å². The van der Waals surface area contributed by atoms with Crippen LogP contribution in [0.25, 0.3) is 0 Å².